The van der Waals surface area contributed by atoms with Crippen LogP contribution >= 0.6 is 0 Å². The highest BCUT2D eigenvalue weighted by Crippen LogP contribution is 2.12. The van der Waals surface area contributed by atoms with E-state index in [0.29, 0.717) is 11.3 Å². The summed E-state index contributed by atoms with van der Waals surface area (Å²) < 4.78 is 0. The standard InChI is InChI=1S/C14H13N3O2/c15-14(19)17-12-8-6-10(7-9-12)13(18)16-11-4-2-1-3-5-11/h1-9H,(H,16,18)(H3,15,17,19). The number of amides is 3. The fourth-order valence-corrected chi connectivity index (χ4v) is 1.57. The Kier molecular flexibility index (Phi) is 3.78. The molecule has 0 aliphatic heterocycles. The highest BCUT2D eigenvalue weighted by molar-refractivity contribution is 6.04. The van der Waals surface area contributed by atoms with E-state index < -0.39 is 6.03 Å². The molecule has 0 heterocycles. The first kappa shape index (κ1) is 12.6. The molecule has 0 fully saturated rings. The molecule has 0 saturated heterocycles. The maximum atomic E-state index is 11.9. The molecule has 0 bridgehead atoms. The van der Waals surface area contributed by atoms with Crippen LogP contribution in [0.3, 0.4) is 0 Å². The summed E-state index contributed by atoms with van der Waals surface area (Å²) in [6.07, 6.45) is 0. The first-order valence-corrected chi connectivity index (χ1v) is 5.68. The lowest BCUT2D eigenvalue weighted by atomic mass is 10.2. The van der Waals surface area contributed by atoms with Crippen molar-refractivity contribution >= 4 is 23.3 Å². The Hall–Kier alpha value is -2.82. The van der Waals surface area contributed by atoms with Crippen molar-refractivity contribution in [2.75, 3.05) is 10.6 Å². The van der Waals surface area contributed by atoms with Crippen LogP contribution in [0, 0.1) is 0 Å². The lowest BCUT2D eigenvalue weighted by Gasteiger charge is -2.06. The molecule has 19 heavy (non-hydrogen) atoms. The van der Waals surface area contributed by atoms with E-state index in [1.165, 1.54) is 0 Å². The number of nitrogens with one attached hydrogen (secondary N) is 2. The van der Waals surface area contributed by atoms with Gasteiger partial charge in [0.1, 0.15) is 0 Å². The quantitative estimate of drug-likeness (QED) is 0.787. The summed E-state index contributed by atoms with van der Waals surface area (Å²) in [6, 6.07) is 15.0. The third-order valence-electron chi connectivity index (χ3n) is 2.45. The summed E-state index contributed by atoms with van der Waals surface area (Å²) in [6.45, 7) is 0. The van der Waals surface area contributed by atoms with Gasteiger partial charge in [-0.25, -0.2) is 4.79 Å². The molecule has 2 rings (SSSR count). The van der Waals surface area contributed by atoms with E-state index in [2.05, 4.69) is 10.6 Å². The Morgan fingerprint density at radius 3 is 1.95 bits per heavy atom. The number of carbonyl (C=O) groups is 2. The largest absolute Gasteiger partial charge is 0.351 e. The minimum Gasteiger partial charge on any atom is -0.351 e. The Morgan fingerprint density at radius 2 is 1.37 bits per heavy atom. The SMILES string of the molecule is NC(=O)Nc1ccc(C(=O)Nc2ccccc2)cc1. The van der Waals surface area contributed by atoms with Gasteiger partial charge in [-0.1, -0.05) is 18.2 Å². The van der Waals surface area contributed by atoms with Gasteiger partial charge in [0.2, 0.25) is 0 Å². The number of nitrogens with two attached hydrogens (primary N) is 1. The van der Waals surface area contributed by atoms with Gasteiger partial charge in [0.25, 0.3) is 5.91 Å². The highest BCUT2D eigenvalue weighted by atomic mass is 16.2. The molecular weight excluding hydrogens is 242 g/mol. The van der Waals surface area contributed by atoms with Crippen LogP contribution in [-0.2, 0) is 0 Å². The Balaban J connectivity index is 2.05. The lowest BCUT2D eigenvalue weighted by Crippen LogP contribution is -2.19. The van der Waals surface area contributed by atoms with Crippen LogP contribution in [0.1, 0.15) is 10.4 Å². The monoisotopic (exact) mass is 255 g/mol. The highest BCUT2D eigenvalue weighted by Gasteiger charge is 2.05. The third-order valence-corrected chi connectivity index (χ3v) is 2.45. The molecule has 0 aliphatic carbocycles. The minimum absolute atomic E-state index is 0.211. The van der Waals surface area contributed by atoms with Gasteiger partial charge in [0, 0.05) is 16.9 Å². The maximum Gasteiger partial charge on any atom is 0.316 e. The van der Waals surface area contributed by atoms with Crippen LogP contribution in [0.15, 0.2) is 54.6 Å². The summed E-state index contributed by atoms with van der Waals surface area (Å²) in [5.41, 5.74) is 6.77. The van der Waals surface area contributed by atoms with Crippen molar-refractivity contribution in [1.82, 2.24) is 0 Å². The Labute approximate surface area is 110 Å². The third kappa shape index (κ3) is 3.57. The van der Waals surface area contributed by atoms with Crippen LogP contribution in [0.2, 0.25) is 0 Å². The molecule has 5 nitrogen and oxygen atoms in total. The van der Waals surface area contributed by atoms with Crippen molar-refractivity contribution in [3.8, 4) is 0 Å². The van der Waals surface area contributed by atoms with E-state index in [1.54, 1.807) is 36.4 Å². The maximum absolute atomic E-state index is 11.9. The number of urea groups is 1. The van der Waals surface area contributed by atoms with Crippen molar-refractivity contribution in [3.63, 3.8) is 0 Å². The summed E-state index contributed by atoms with van der Waals surface area (Å²) in [7, 11) is 0. The number of hydrogen-bond acceptors (Lipinski definition) is 2. The molecule has 2 aromatic carbocycles. The number of para-hydroxylation sites is 1. The number of benzene rings is 2. The fraction of sp³-hybridized carbons (Fsp3) is 0. The Bertz CT molecular complexity index is 579. The van der Waals surface area contributed by atoms with Crippen molar-refractivity contribution in [3.05, 3.63) is 60.2 Å². The molecule has 2 aromatic rings. The first-order valence-electron chi connectivity index (χ1n) is 5.68. The van der Waals surface area contributed by atoms with Gasteiger partial charge in [-0.05, 0) is 36.4 Å². The van der Waals surface area contributed by atoms with E-state index in [9.17, 15) is 9.59 Å². The second-order valence-electron chi connectivity index (χ2n) is 3.89. The molecule has 0 aliphatic rings. The van der Waals surface area contributed by atoms with Crippen LogP contribution in [0.25, 0.3) is 0 Å². The zero-order chi connectivity index (χ0) is 13.7. The van der Waals surface area contributed by atoms with E-state index in [1.807, 2.05) is 18.2 Å². The zero-order valence-corrected chi connectivity index (χ0v) is 10.1. The van der Waals surface area contributed by atoms with Crippen molar-refractivity contribution < 1.29 is 9.59 Å². The predicted molar refractivity (Wildman–Crippen MR) is 74.0 cm³/mol. The minimum atomic E-state index is -0.638. The molecule has 0 atom stereocenters. The van der Waals surface area contributed by atoms with Crippen molar-refractivity contribution in [2.45, 2.75) is 0 Å². The normalized spacial score (nSPS) is 9.68. The van der Waals surface area contributed by atoms with Crippen molar-refractivity contribution in [2.24, 2.45) is 5.73 Å². The number of hydrogen-bond donors (Lipinski definition) is 3. The number of anilines is 2. The van der Waals surface area contributed by atoms with E-state index in [0.717, 1.165) is 5.69 Å². The lowest BCUT2D eigenvalue weighted by molar-refractivity contribution is 0.102. The van der Waals surface area contributed by atoms with Gasteiger partial charge in [0.15, 0.2) is 0 Å². The molecule has 4 N–H and O–H groups in total. The van der Waals surface area contributed by atoms with E-state index in [4.69, 9.17) is 5.73 Å². The molecule has 3 amide bonds. The van der Waals surface area contributed by atoms with Gasteiger partial charge >= 0.3 is 6.03 Å². The predicted octanol–water partition coefficient (Wildman–Crippen LogP) is 2.43. The molecule has 0 radical (unpaired) electrons. The number of carbonyl (C=O) groups excluding carboxylic acids is 2. The fourth-order valence-electron chi connectivity index (χ4n) is 1.57. The Morgan fingerprint density at radius 1 is 0.789 bits per heavy atom. The molecular formula is C14H13N3O2. The summed E-state index contributed by atoms with van der Waals surface area (Å²) in [5.74, 6) is -0.211. The van der Waals surface area contributed by atoms with Gasteiger partial charge in [-0.2, -0.15) is 0 Å². The molecule has 0 aromatic heterocycles. The summed E-state index contributed by atoms with van der Waals surface area (Å²) in [4.78, 5) is 22.6. The molecule has 0 unspecified atom stereocenters. The van der Waals surface area contributed by atoms with E-state index >= 15 is 0 Å². The smallest absolute Gasteiger partial charge is 0.316 e. The summed E-state index contributed by atoms with van der Waals surface area (Å²) in [5, 5.41) is 5.20. The van der Waals surface area contributed by atoms with Crippen LogP contribution in [0.5, 0.6) is 0 Å². The van der Waals surface area contributed by atoms with Crippen molar-refractivity contribution in [1.29, 1.82) is 0 Å². The molecule has 5 heteroatoms. The number of rotatable bonds is 3. The average molecular weight is 255 g/mol. The molecule has 96 valence electrons. The molecule has 0 spiro atoms. The van der Waals surface area contributed by atoms with Gasteiger partial charge in [0.05, 0.1) is 0 Å². The van der Waals surface area contributed by atoms with Crippen LogP contribution in [-0.4, -0.2) is 11.9 Å². The van der Waals surface area contributed by atoms with Gasteiger partial charge in [-0.15, -0.1) is 0 Å². The second-order valence-corrected chi connectivity index (χ2v) is 3.89. The zero-order valence-electron chi connectivity index (χ0n) is 10.1. The average Bonchev–Trinajstić information content (AvgIpc) is 2.40. The van der Waals surface area contributed by atoms with Gasteiger partial charge in [-0.3, -0.25) is 4.79 Å². The van der Waals surface area contributed by atoms with E-state index in [-0.39, 0.29) is 5.91 Å². The van der Waals surface area contributed by atoms with Crippen LogP contribution < -0.4 is 16.4 Å². The first-order chi connectivity index (χ1) is 9.15. The van der Waals surface area contributed by atoms with Gasteiger partial charge < -0.3 is 16.4 Å². The number of primary amides is 1. The van der Waals surface area contributed by atoms with Crippen LogP contribution in [0.4, 0.5) is 16.2 Å². The topological polar surface area (TPSA) is 84.2 Å². The molecule has 0 saturated carbocycles. The second kappa shape index (κ2) is 5.68. The summed E-state index contributed by atoms with van der Waals surface area (Å²) >= 11 is 0.